The van der Waals surface area contributed by atoms with Gasteiger partial charge in [0.1, 0.15) is 12.1 Å². The van der Waals surface area contributed by atoms with Crippen molar-refractivity contribution in [2.45, 2.75) is 122 Å². The number of hydrogen-bond acceptors (Lipinski definition) is 8. The van der Waals surface area contributed by atoms with Gasteiger partial charge in [0.2, 0.25) is 17.7 Å². The molecule has 1 aromatic rings. The number of hydrogen-bond donors (Lipinski definition) is 3. The van der Waals surface area contributed by atoms with Gasteiger partial charge in [-0.1, -0.05) is 82.3 Å². The first-order valence-electron chi connectivity index (χ1n) is 16.4. The van der Waals surface area contributed by atoms with Gasteiger partial charge in [0.15, 0.2) is 11.7 Å². The Balaban J connectivity index is 1.60. The minimum Gasteiger partial charge on any atom is -0.467 e. The maximum absolute atomic E-state index is 14.5. The number of aliphatic hydroxyl groups is 1. The number of benzene rings is 1. The van der Waals surface area contributed by atoms with Crippen molar-refractivity contribution in [3.8, 4) is 0 Å². The number of methoxy groups -OCH3 is 1. The van der Waals surface area contributed by atoms with Crippen LogP contribution in [0.4, 0.5) is 0 Å². The highest BCUT2D eigenvalue weighted by molar-refractivity contribution is 6.31. The van der Waals surface area contributed by atoms with Gasteiger partial charge in [0.05, 0.1) is 25.4 Å². The van der Waals surface area contributed by atoms with E-state index >= 15 is 0 Å². The number of likely N-dealkylation sites (tertiary alicyclic amines) is 1. The SMILES string of the molecule is CCC[C@H](NC(=O)[C@@H]1C[C@]2(CC(c3cccc(Cl)c3)=NO2)CN1C(=O)[C@@H](NC(=O)CC1CCCCC1)C(C)(C)C)C(O)C(=O)OC. The first-order chi connectivity index (χ1) is 21.8. The number of carbonyl (C=O) groups is 4. The zero-order valence-electron chi connectivity index (χ0n) is 27.6. The Morgan fingerprint density at radius 1 is 1.17 bits per heavy atom. The van der Waals surface area contributed by atoms with Crippen LogP contribution in [0.1, 0.15) is 97.5 Å². The quantitative estimate of drug-likeness (QED) is 0.303. The van der Waals surface area contributed by atoms with Gasteiger partial charge in [-0.05, 0) is 42.7 Å². The van der Waals surface area contributed by atoms with Gasteiger partial charge < -0.3 is 30.2 Å². The lowest BCUT2D eigenvalue weighted by Crippen LogP contribution is -2.59. The van der Waals surface area contributed by atoms with E-state index in [1.807, 2.05) is 39.8 Å². The van der Waals surface area contributed by atoms with Gasteiger partial charge in [0, 0.05) is 29.8 Å². The fourth-order valence-corrected chi connectivity index (χ4v) is 7.01. The van der Waals surface area contributed by atoms with Gasteiger partial charge in [-0.25, -0.2) is 4.79 Å². The highest BCUT2D eigenvalue weighted by atomic mass is 35.5. The van der Waals surface area contributed by atoms with Crippen LogP contribution in [0, 0.1) is 11.3 Å². The number of ether oxygens (including phenoxy) is 1. The number of esters is 1. The van der Waals surface area contributed by atoms with Crippen molar-refractivity contribution >= 4 is 41.0 Å². The predicted molar refractivity (Wildman–Crippen MR) is 174 cm³/mol. The minimum atomic E-state index is -1.57. The summed E-state index contributed by atoms with van der Waals surface area (Å²) in [6.45, 7) is 7.57. The smallest absolute Gasteiger partial charge is 0.336 e. The molecular formula is C34H49ClN4O7. The summed E-state index contributed by atoms with van der Waals surface area (Å²) in [6.07, 6.45) is 5.53. The molecule has 4 rings (SSSR count). The second kappa shape index (κ2) is 15.2. The van der Waals surface area contributed by atoms with Crippen LogP contribution in [0.15, 0.2) is 29.4 Å². The number of oxime groups is 1. The van der Waals surface area contributed by atoms with Crippen LogP contribution in [0.5, 0.6) is 0 Å². The highest BCUT2D eigenvalue weighted by Crippen LogP contribution is 2.40. The second-order valence-electron chi connectivity index (χ2n) is 14.1. The van der Waals surface area contributed by atoms with Gasteiger partial charge in [-0.3, -0.25) is 14.4 Å². The first-order valence-corrected chi connectivity index (χ1v) is 16.8. The maximum atomic E-state index is 14.5. The Morgan fingerprint density at radius 2 is 1.89 bits per heavy atom. The summed E-state index contributed by atoms with van der Waals surface area (Å²) in [5, 5.41) is 21.3. The van der Waals surface area contributed by atoms with Crippen LogP contribution in [0.2, 0.25) is 5.02 Å². The number of nitrogens with zero attached hydrogens (tertiary/aromatic N) is 2. The predicted octanol–water partition coefficient (Wildman–Crippen LogP) is 4.12. The molecule has 3 N–H and O–H groups in total. The highest BCUT2D eigenvalue weighted by Gasteiger charge is 2.55. The lowest BCUT2D eigenvalue weighted by atomic mass is 9.84. The van der Waals surface area contributed by atoms with E-state index in [0.29, 0.717) is 42.3 Å². The standard InChI is InChI=1S/C34H49ClN4O7/c1-6-11-24(28(41)32(44)45-5)36-30(42)26-19-34(18-25(38-46-34)22-14-10-15-23(35)17-22)20-39(26)31(43)29(33(2,3)4)37-27(40)16-21-12-8-7-9-13-21/h10,14-15,17,21,24,26,28-29,41H,6-9,11-13,16,18-20H2,1-5H3,(H,36,42)(H,37,40)/t24-,26-,28?,29+,34+/m0/s1. The Hall–Kier alpha value is -3.18. The van der Waals surface area contributed by atoms with Crippen molar-refractivity contribution in [1.29, 1.82) is 0 Å². The molecule has 3 amide bonds. The lowest BCUT2D eigenvalue weighted by Gasteiger charge is -2.36. The van der Waals surface area contributed by atoms with Crippen molar-refractivity contribution in [1.82, 2.24) is 15.5 Å². The molecule has 1 saturated carbocycles. The minimum absolute atomic E-state index is 0.0561. The molecule has 254 valence electrons. The van der Waals surface area contributed by atoms with Gasteiger partial charge in [0.25, 0.3) is 0 Å². The Bertz CT molecular complexity index is 1310. The van der Waals surface area contributed by atoms with Crippen molar-refractivity contribution in [3.05, 3.63) is 34.9 Å². The summed E-state index contributed by atoms with van der Waals surface area (Å²) in [4.78, 5) is 61.4. The molecule has 3 aliphatic rings. The van der Waals surface area contributed by atoms with Gasteiger partial charge in [-0.2, -0.15) is 0 Å². The summed E-state index contributed by atoms with van der Waals surface area (Å²) in [5.41, 5.74) is -0.234. The monoisotopic (exact) mass is 660 g/mol. The van der Waals surface area contributed by atoms with Crippen molar-refractivity contribution < 1.29 is 33.9 Å². The Kier molecular flexibility index (Phi) is 11.7. The van der Waals surface area contributed by atoms with E-state index in [4.69, 9.17) is 21.2 Å². The van der Waals surface area contributed by atoms with Crippen molar-refractivity contribution in [2.24, 2.45) is 16.5 Å². The summed E-state index contributed by atoms with van der Waals surface area (Å²) < 4.78 is 4.71. The van der Waals surface area contributed by atoms with Gasteiger partial charge >= 0.3 is 5.97 Å². The topological polar surface area (TPSA) is 147 Å². The number of amides is 3. The molecule has 0 aromatic heterocycles. The maximum Gasteiger partial charge on any atom is 0.336 e. The molecular weight excluding hydrogens is 612 g/mol. The number of carbonyl (C=O) groups excluding carboxylic acids is 4. The molecule has 0 bridgehead atoms. The number of rotatable bonds is 11. The third-order valence-corrected chi connectivity index (χ3v) is 9.59. The molecule has 12 heteroatoms. The molecule has 2 aliphatic heterocycles. The molecule has 1 saturated heterocycles. The fourth-order valence-electron chi connectivity index (χ4n) is 6.82. The van der Waals surface area contributed by atoms with Crippen LogP contribution >= 0.6 is 11.6 Å². The molecule has 46 heavy (non-hydrogen) atoms. The van der Waals surface area contributed by atoms with Crippen LogP contribution < -0.4 is 10.6 Å². The third kappa shape index (κ3) is 8.59. The van der Waals surface area contributed by atoms with E-state index in [2.05, 4.69) is 15.8 Å². The molecule has 2 fully saturated rings. The second-order valence-corrected chi connectivity index (χ2v) is 14.6. The van der Waals surface area contributed by atoms with E-state index in [1.54, 1.807) is 12.1 Å². The largest absolute Gasteiger partial charge is 0.467 e. The molecule has 1 spiro atoms. The molecule has 1 aliphatic carbocycles. The lowest BCUT2D eigenvalue weighted by molar-refractivity contribution is -0.153. The first kappa shape index (κ1) is 35.7. The van der Waals surface area contributed by atoms with E-state index < -0.39 is 53.0 Å². The van der Waals surface area contributed by atoms with Crippen LogP contribution in [-0.4, -0.2) is 82.9 Å². The zero-order chi connectivity index (χ0) is 33.6. The van der Waals surface area contributed by atoms with E-state index in [-0.39, 0.29) is 18.9 Å². The van der Waals surface area contributed by atoms with Crippen LogP contribution in [0.25, 0.3) is 0 Å². The molecule has 5 atom stereocenters. The van der Waals surface area contributed by atoms with Crippen LogP contribution in [-0.2, 0) is 28.8 Å². The number of nitrogens with one attached hydrogen (secondary N) is 2. The molecule has 1 aromatic carbocycles. The van der Waals surface area contributed by atoms with Gasteiger partial charge in [-0.15, -0.1) is 0 Å². The van der Waals surface area contributed by atoms with E-state index in [0.717, 1.165) is 31.2 Å². The Labute approximate surface area is 276 Å². The normalized spacial score (nSPS) is 23.7. The zero-order valence-corrected chi connectivity index (χ0v) is 28.4. The average Bonchev–Trinajstić information content (AvgIpc) is 3.62. The van der Waals surface area contributed by atoms with Crippen molar-refractivity contribution in [2.75, 3.05) is 13.7 Å². The van der Waals surface area contributed by atoms with E-state index in [1.165, 1.54) is 18.4 Å². The number of halogens is 1. The Morgan fingerprint density at radius 3 is 2.52 bits per heavy atom. The summed E-state index contributed by atoms with van der Waals surface area (Å²) >= 11 is 6.23. The van der Waals surface area contributed by atoms with Crippen molar-refractivity contribution in [3.63, 3.8) is 0 Å². The van der Waals surface area contributed by atoms with Crippen LogP contribution in [0.3, 0.4) is 0 Å². The molecule has 0 radical (unpaired) electrons. The molecule has 11 nitrogen and oxygen atoms in total. The average molecular weight is 661 g/mol. The summed E-state index contributed by atoms with van der Waals surface area (Å²) in [6, 6.07) is 4.40. The summed E-state index contributed by atoms with van der Waals surface area (Å²) in [7, 11) is 1.17. The van der Waals surface area contributed by atoms with E-state index in [9.17, 15) is 24.3 Å². The fraction of sp³-hybridized carbons (Fsp3) is 0.676. The number of aliphatic hydroxyl groups excluding tert-OH is 1. The molecule has 2 heterocycles. The third-order valence-electron chi connectivity index (χ3n) is 9.35. The molecule has 1 unspecified atom stereocenters. The summed E-state index contributed by atoms with van der Waals surface area (Å²) in [5.74, 6) is -1.68.